The number of amides is 1. The molecule has 0 saturated carbocycles. The third-order valence-electron chi connectivity index (χ3n) is 1.54. The third-order valence-corrected chi connectivity index (χ3v) is 1.54. The van der Waals surface area contributed by atoms with E-state index >= 15 is 0 Å². The molecule has 0 fully saturated rings. The van der Waals surface area contributed by atoms with Crippen molar-refractivity contribution in [2.75, 3.05) is 7.05 Å². The molecule has 0 aliphatic heterocycles. The molecule has 1 N–H and O–H groups in total. The highest BCUT2D eigenvalue weighted by atomic mass is 16.1. The van der Waals surface area contributed by atoms with Gasteiger partial charge in [0.1, 0.15) is 0 Å². The maximum absolute atomic E-state index is 10.8. The first-order valence-electron chi connectivity index (χ1n) is 3.64. The smallest absolute Gasteiger partial charge is 0.221 e. The van der Waals surface area contributed by atoms with Crippen LogP contribution in [0.4, 0.5) is 0 Å². The van der Waals surface area contributed by atoms with Gasteiger partial charge < -0.3 is 9.88 Å². The molecular weight excluding hydrogens is 140 g/mol. The number of aryl methyl sites for hydroxylation is 1. The van der Waals surface area contributed by atoms with E-state index in [2.05, 4.69) is 5.32 Å². The van der Waals surface area contributed by atoms with Crippen LogP contribution in [0.2, 0.25) is 0 Å². The van der Waals surface area contributed by atoms with Crippen molar-refractivity contribution in [3.8, 4) is 0 Å². The Morgan fingerprint density at radius 3 is 2.64 bits per heavy atom. The fourth-order valence-corrected chi connectivity index (χ4v) is 0.875. The minimum Gasteiger partial charge on any atom is -0.359 e. The lowest BCUT2D eigenvalue weighted by molar-refractivity contribution is -0.120. The second kappa shape index (κ2) is 3.81. The molecule has 1 heterocycles. The maximum atomic E-state index is 10.8. The van der Waals surface area contributed by atoms with Crippen molar-refractivity contribution in [2.24, 2.45) is 0 Å². The quantitative estimate of drug-likeness (QED) is 0.677. The Balaban J connectivity index is 2.29. The van der Waals surface area contributed by atoms with E-state index in [0.717, 1.165) is 6.54 Å². The van der Waals surface area contributed by atoms with Crippen LogP contribution in [0.15, 0.2) is 24.5 Å². The SMILES string of the molecule is CNC(=O)CCn1cccc1. The molecule has 0 aromatic carbocycles. The van der Waals surface area contributed by atoms with Gasteiger partial charge in [-0.05, 0) is 12.1 Å². The molecule has 0 atom stereocenters. The van der Waals surface area contributed by atoms with Crippen LogP contribution >= 0.6 is 0 Å². The second-order valence-electron chi connectivity index (χ2n) is 2.34. The van der Waals surface area contributed by atoms with Crippen molar-refractivity contribution in [1.82, 2.24) is 9.88 Å². The van der Waals surface area contributed by atoms with Gasteiger partial charge in [0.2, 0.25) is 5.91 Å². The van der Waals surface area contributed by atoms with Crippen molar-refractivity contribution in [3.63, 3.8) is 0 Å². The minimum absolute atomic E-state index is 0.0821. The standard InChI is InChI=1S/C8H12N2O/c1-9-8(11)4-7-10-5-2-3-6-10/h2-3,5-6H,4,7H2,1H3,(H,9,11). The monoisotopic (exact) mass is 152 g/mol. The van der Waals surface area contributed by atoms with Gasteiger partial charge in [0.15, 0.2) is 0 Å². The molecule has 0 radical (unpaired) electrons. The summed E-state index contributed by atoms with van der Waals surface area (Å²) in [6, 6.07) is 3.90. The van der Waals surface area contributed by atoms with Crippen LogP contribution < -0.4 is 5.32 Å². The summed E-state index contributed by atoms with van der Waals surface area (Å²) in [7, 11) is 1.65. The summed E-state index contributed by atoms with van der Waals surface area (Å²) in [5, 5.41) is 2.58. The molecule has 0 bridgehead atoms. The van der Waals surface area contributed by atoms with E-state index in [1.54, 1.807) is 7.05 Å². The zero-order chi connectivity index (χ0) is 8.10. The lowest BCUT2D eigenvalue weighted by Gasteiger charge is -2.00. The Morgan fingerprint density at radius 2 is 2.09 bits per heavy atom. The largest absolute Gasteiger partial charge is 0.359 e. The van der Waals surface area contributed by atoms with Crippen LogP contribution in [0.5, 0.6) is 0 Å². The van der Waals surface area contributed by atoms with E-state index < -0.39 is 0 Å². The van der Waals surface area contributed by atoms with Crippen molar-refractivity contribution in [2.45, 2.75) is 13.0 Å². The van der Waals surface area contributed by atoms with E-state index in [1.807, 2.05) is 29.1 Å². The second-order valence-corrected chi connectivity index (χ2v) is 2.34. The molecule has 0 unspecified atom stereocenters. The minimum atomic E-state index is 0.0821. The van der Waals surface area contributed by atoms with Crippen LogP contribution in [0.3, 0.4) is 0 Å². The first-order chi connectivity index (χ1) is 5.33. The van der Waals surface area contributed by atoms with Gasteiger partial charge in [0.05, 0.1) is 0 Å². The molecule has 3 heteroatoms. The summed E-state index contributed by atoms with van der Waals surface area (Å²) in [6.07, 6.45) is 4.44. The molecule has 1 aromatic heterocycles. The summed E-state index contributed by atoms with van der Waals surface area (Å²) in [4.78, 5) is 10.8. The summed E-state index contributed by atoms with van der Waals surface area (Å²) >= 11 is 0. The molecule has 11 heavy (non-hydrogen) atoms. The Bertz CT molecular complexity index is 216. The molecule has 3 nitrogen and oxygen atoms in total. The third kappa shape index (κ3) is 2.45. The summed E-state index contributed by atoms with van der Waals surface area (Å²) in [5.41, 5.74) is 0. The van der Waals surface area contributed by atoms with Gasteiger partial charge in [-0.2, -0.15) is 0 Å². The van der Waals surface area contributed by atoms with E-state index in [1.165, 1.54) is 0 Å². The molecule has 1 rings (SSSR count). The fraction of sp³-hybridized carbons (Fsp3) is 0.375. The fourth-order valence-electron chi connectivity index (χ4n) is 0.875. The molecular formula is C8H12N2O. The molecule has 0 spiro atoms. The number of carbonyl (C=O) groups is 1. The lowest BCUT2D eigenvalue weighted by Crippen LogP contribution is -2.19. The van der Waals surface area contributed by atoms with Crippen molar-refractivity contribution in [3.05, 3.63) is 24.5 Å². The molecule has 0 aliphatic rings. The van der Waals surface area contributed by atoms with Crippen molar-refractivity contribution in [1.29, 1.82) is 0 Å². The Hall–Kier alpha value is -1.25. The van der Waals surface area contributed by atoms with E-state index in [4.69, 9.17) is 0 Å². The highest BCUT2D eigenvalue weighted by Gasteiger charge is 1.96. The van der Waals surface area contributed by atoms with Gasteiger partial charge in [0.25, 0.3) is 0 Å². The van der Waals surface area contributed by atoms with Gasteiger partial charge in [0, 0.05) is 32.4 Å². The number of hydrogen-bond acceptors (Lipinski definition) is 1. The number of hydrogen-bond donors (Lipinski definition) is 1. The molecule has 60 valence electrons. The molecule has 0 saturated heterocycles. The first-order valence-corrected chi connectivity index (χ1v) is 3.64. The predicted octanol–water partition coefficient (Wildman–Crippen LogP) is 0.624. The summed E-state index contributed by atoms with van der Waals surface area (Å²) < 4.78 is 1.98. The van der Waals surface area contributed by atoms with E-state index in [0.29, 0.717) is 6.42 Å². The zero-order valence-electron chi connectivity index (χ0n) is 6.58. The van der Waals surface area contributed by atoms with Crippen LogP contribution in [0, 0.1) is 0 Å². The summed E-state index contributed by atoms with van der Waals surface area (Å²) in [6.45, 7) is 0.757. The number of nitrogens with zero attached hydrogens (tertiary/aromatic N) is 1. The number of aromatic nitrogens is 1. The topological polar surface area (TPSA) is 34.0 Å². The van der Waals surface area contributed by atoms with Gasteiger partial charge in [-0.15, -0.1) is 0 Å². The predicted molar refractivity (Wildman–Crippen MR) is 43.1 cm³/mol. The van der Waals surface area contributed by atoms with Crippen LogP contribution in [-0.2, 0) is 11.3 Å². The van der Waals surface area contributed by atoms with E-state index in [-0.39, 0.29) is 5.91 Å². The highest BCUT2D eigenvalue weighted by molar-refractivity contribution is 5.75. The lowest BCUT2D eigenvalue weighted by atomic mass is 10.4. The number of rotatable bonds is 3. The van der Waals surface area contributed by atoms with Gasteiger partial charge >= 0.3 is 0 Å². The van der Waals surface area contributed by atoms with Crippen LogP contribution in [-0.4, -0.2) is 17.5 Å². The number of carbonyl (C=O) groups excluding carboxylic acids is 1. The van der Waals surface area contributed by atoms with Gasteiger partial charge in [-0.3, -0.25) is 4.79 Å². The van der Waals surface area contributed by atoms with Crippen molar-refractivity contribution < 1.29 is 4.79 Å². The van der Waals surface area contributed by atoms with Crippen LogP contribution in [0.1, 0.15) is 6.42 Å². The highest BCUT2D eigenvalue weighted by Crippen LogP contribution is 1.92. The Labute approximate surface area is 66.0 Å². The zero-order valence-corrected chi connectivity index (χ0v) is 6.58. The average Bonchev–Trinajstić information content (AvgIpc) is 2.52. The normalized spacial score (nSPS) is 9.55. The van der Waals surface area contributed by atoms with Crippen LogP contribution in [0.25, 0.3) is 0 Å². The Morgan fingerprint density at radius 1 is 1.45 bits per heavy atom. The Kier molecular flexibility index (Phi) is 2.72. The van der Waals surface area contributed by atoms with Gasteiger partial charge in [-0.25, -0.2) is 0 Å². The average molecular weight is 152 g/mol. The van der Waals surface area contributed by atoms with Gasteiger partial charge in [-0.1, -0.05) is 0 Å². The van der Waals surface area contributed by atoms with Crippen molar-refractivity contribution >= 4 is 5.91 Å². The van der Waals surface area contributed by atoms with E-state index in [9.17, 15) is 4.79 Å². The molecule has 0 aliphatic carbocycles. The first kappa shape index (κ1) is 7.85. The molecule has 1 aromatic rings. The number of nitrogens with one attached hydrogen (secondary N) is 1. The maximum Gasteiger partial charge on any atom is 0.221 e. The summed E-state index contributed by atoms with van der Waals surface area (Å²) in [5.74, 6) is 0.0821. The molecule has 1 amide bonds.